The second-order valence-corrected chi connectivity index (χ2v) is 9.64. The van der Waals surface area contributed by atoms with Gasteiger partial charge in [0, 0.05) is 5.56 Å². The Bertz CT molecular complexity index is 1300. The first-order valence-corrected chi connectivity index (χ1v) is 12.0. The lowest BCUT2D eigenvalue weighted by atomic mass is 10.1. The minimum atomic E-state index is -0.605. The molecule has 2 aromatic heterocycles. The number of rotatable bonds is 9. The lowest BCUT2D eigenvalue weighted by Crippen LogP contribution is -2.30. The van der Waals surface area contributed by atoms with Crippen LogP contribution in [0.4, 0.5) is 0 Å². The van der Waals surface area contributed by atoms with Gasteiger partial charge in [0.25, 0.3) is 5.56 Å². The summed E-state index contributed by atoms with van der Waals surface area (Å²) in [5, 5.41) is 4.58. The van der Waals surface area contributed by atoms with Gasteiger partial charge in [-0.05, 0) is 58.7 Å². The summed E-state index contributed by atoms with van der Waals surface area (Å²) >= 11 is 0. The number of esters is 1. The molecule has 0 radical (unpaired) electrons. The number of nitrogens with one attached hydrogen (secondary N) is 1. The Kier molecular flexibility index (Phi) is 7.77. The first-order chi connectivity index (χ1) is 16.4. The Morgan fingerprint density at radius 2 is 1.91 bits per heavy atom. The average Bonchev–Trinajstić information content (AvgIpc) is 3.14. The number of benzene rings is 1. The van der Waals surface area contributed by atoms with Crippen molar-refractivity contribution < 1.29 is 19.1 Å². The van der Waals surface area contributed by atoms with Gasteiger partial charge in [-0.15, -0.1) is 0 Å². The van der Waals surface area contributed by atoms with Gasteiger partial charge in [0.15, 0.2) is 11.3 Å². The molecule has 9 nitrogen and oxygen atoms in total. The third-order valence-corrected chi connectivity index (χ3v) is 5.36. The number of aromatic amines is 1. The topological polar surface area (TPSA) is 116 Å². The Morgan fingerprint density at radius 3 is 2.51 bits per heavy atom. The van der Waals surface area contributed by atoms with Crippen LogP contribution in [-0.2, 0) is 22.5 Å². The van der Waals surface area contributed by atoms with Crippen LogP contribution in [-0.4, -0.2) is 43.7 Å². The van der Waals surface area contributed by atoms with Crippen molar-refractivity contribution in [2.75, 3.05) is 6.61 Å². The Balaban J connectivity index is 2.10. The zero-order valence-corrected chi connectivity index (χ0v) is 21.5. The first kappa shape index (κ1) is 26.1. The van der Waals surface area contributed by atoms with Gasteiger partial charge >= 0.3 is 5.97 Å². The second kappa shape index (κ2) is 10.4. The number of nitrogens with zero attached hydrogens (tertiary/aromatic N) is 3. The molecule has 0 bridgehead atoms. The molecule has 1 N–H and O–H groups in total. The number of aromatic nitrogens is 4. The molecule has 1 unspecified atom stereocenters. The van der Waals surface area contributed by atoms with Crippen LogP contribution < -0.4 is 10.3 Å². The summed E-state index contributed by atoms with van der Waals surface area (Å²) in [6, 6.07) is 5.09. The van der Waals surface area contributed by atoms with Crippen molar-refractivity contribution in [2.45, 2.75) is 73.5 Å². The largest absolute Gasteiger partial charge is 0.493 e. The number of Topliss-reactive ketones (excluding diaryl/α,β-unsaturated/α-hetero) is 1. The van der Waals surface area contributed by atoms with E-state index < -0.39 is 11.5 Å². The molecule has 0 amide bonds. The molecular formula is C26H34N4O5. The number of carbonyl (C=O) groups excluding carboxylic acids is 2. The normalized spacial score (nSPS) is 12.5. The molecule has 0 aliphatic heterocycles. The summed E-state index contributed by atoms with van der Waals surface area (Å²) in [6.07, 6.45) is 1.35. The highest BCUT2D eigenvalue weighted by atomic mass is 16.6. The van der Waals surface area contributed by atoms with Gasteiger partial charge in [0.2, 0.25) is 0 Å². The summed E-state index contributed by atoms with van der Waals surface area (Å²) in [6.45, 7) is 13.3. The molecule has 1 aromatic carbocycles. The number of hydrogen-bond donors (Lipinski definition) is 1. The van der Waals surface area contributed by atoms with Crippen molar-refractivity contribution in [3.8, 4) is 17.1 Å². The fourth-order valence-electron chi connectivity index (χ4n) is 3.66. The minimum absolute atomic E-state index is 0.102. The van der Waals surface area contributed by atoms with Crippen molar-refractivity contribution in [1.29, 1.82) is 0 Å². The van der Waals surface area contributed by atoms with E-state index in [0.29, 0.717) is 52.5 Å². The Hall–Kier alpha value is -3.49. The van der Waals surface area contributed by atoms with E-state index in [9.17, 15) is 14.4 Å². The Labute approximate surface area is 204 Å². The molecule has 2 heterocycles. The van der Waals surface area contributed by atoms with E-state index in [4.69, 9.17) is 14.5 Å². The molecule has 0 spiro atoms. The smallest absolute Gasteiger partial charge is 0.311 e. The summed E-state index contributed by atoms with van der Waals surface area (Å²) < 4.78 is 12.9. The maximum absolute atomic E-state index is 13.3. The number of fused-ring (bicyclic) bond motifs is 1. The fraction of sp³-hybridized carbons (Fsp3) is 0.500. The SMILES string of the molecule is CCCOc1ccc(C(C)=O)cc1-c1nc2c(CC)nn(CC(C)C(=O)OC(C)(C)C)c2c(=O)[nH]1. The highest BCUT2D eigenvalue weighted by Crippen LogP contribution is 2.30. The van der Waals surface area contributed by atoms with E-state index >= 15 is 0 Å². The molecule has 3 rings (SSSR count). The third kappa shape index (κ3) is 5.96. The molecule has 0 aliphatic rings. The molecule has 0 saturated carbocycles. The molecule has 3 aromatic rings. The Morgan fingerprint density at radius 1 is 1.20 bits per heavy atom. The molecule has 188 valence electrons. The zero-order valence-electron chi connectivity index (χ0n) is 21.5. The van der Waals surface area contributed by atoms with E-state index in [1.165, 1.54) is 11.6 Å². The van der Waals surface area contributed by atoms with Crippen molar-refractivity contribution >= 4 is 22.8 Å². The predicted octanol–water partition coefficient (Wildman–Crippen LogP) is 4.32. The van der Waals surface area contributed by atoms with Gasteiger partial charge in [-0.2, -0.15) is 5.10 Å². The standard InChI is InChI=1S/C26H34N4O5/c1-8-12-34-20-11-10-17(16(4)31)13-18(20)23-27-21-19(9-2)29-30(22(21)24(32)28-23)14-15(3)25(33)35-26(5,6)7/h10-11,13,15H,8-9,12,14H2,1-7H3,(H,27,28,32). The number of carbonyl (C=O) groups is 2. The van der Waals surface area contributed by atoms with Crippen LogP contribution in [0, 0.1) is 5.92 Å². The van der Waals surface area contributed by atoms with Crippen molar-refractivity contribution in [2.24, 2.45) is 5.92 Å². The van der Waals surface area contributed by atoms with Crippen LogP contribution in [0.3, 0.4) is 0 Å². The number of ketones is 1. The van der Waals surface area contributed by atoms with Crippen molar-refractivity contribution in [3.05, 3.63) is 39.8 Å². The monoisotopic (exact) mass is 482 g/mol. The highest BCUT2D eigenvalue weighted by Gasteiger charge is 2.25. The van der Waals surface area contributed by atoms with Gasteiger partial charge in [0.1, 0.15) is 22.7 Å². The van der Waals surface area contributed by atoms with Crippen LogP contribution in [0.1, 0.15) is 70.9 Å². The number of ether oxygens (including phenoxy) is 2. The van der Waals surface area contributed by atoms with Gasteiger partial charge in [-0.3, -0.25) is 19.1 Å². The molecule has 0 saturated heterocycles. The van der Waals surface area contributed by atoms with Gasteiger partial charge in [0.05, 0.1) is 30.3 Å². The van der Waals surface area contributed by atoms with Crippen LogP contribution in [0.2, 0.25) is 0 Å². The summed E-state index contributed by atoms with van der Waals surface area (Å²) in [4.78, 5) is 45.3. The third-order valence-electron chi connectivity index (χ3n) is 5.36. The molecule has 1 atom stereocenters. The van der Waals surface area contributed by atoms with Gasteiger partial charge in [-0.25, -0.2) is 4.98 Å². The quantitative estimate of drug-likeness (QED) is 0.357. The van der Waals surface area contributed by atoms with Crippen LogP contribution in [0.15, 0.2) is 23.0 Å². The first-order valence-electron chi connectivity index (χ1n) is 12.0. The van der Waals surface area contributed by atoms with Crippen LogP contribution in [0.25, 0.3) is 22.4 Å². The van der Waals surface area contributed by atoms with E-state index in [1.807, 2.05) is 34.6 Å². The lowest BCUT2D eigenvalue weighted by Gasteiger charge is -2.22. The van der Waals surface area contributed by atoms with Crippen molar-refractivity contribution in [1.82, 2.24) is 19.7 Å². The minimum Gasteiger partial charge on any atom is -0.493 e. The maximum Gasteiger partial charge on any atom is 0.311 e. The average molecular weight is 483 g/mol. The van der Waals surface area contributed by atoms with E-state index in [0.717, 1.165) is 6.42 Å². The highest BCUT2D eigenvalue weighted by molar-refractivity contribution is 5.95. The maximum atomic E-state index is 13.3. The molecule has 35 heavy (non-hydrogen) atoms. The number of aryl methyl sites for hydroxylation is 1. The van der Waals surface area contributed by atoms with Crippen molar-refractivity contribution in [3.63, 3.8) is 0 Å². The van der Waals surface area contributed by atoms with Crippen LogP contribution >= 0.6 is 0 Å². The fourth-order valence-corrected chi connectivity index (χ4v) is 3.66. The number of hydrogen-bond acceptors (Lipinski definition) is 7. The summed E-state index contributed by atoms with van der Waals surface area (Å²) in [5.74, 6) is -0.147. The van der Waals surface area contributed by atoms with E-state index in [1.54, 1.807) is 25.1 Å². The van der Waals surface area contributed by atoms with Gasteiger partial charge in [-0.1, -0.05) is 20.8 Å². The van der Waals surface area contributed by atoms with E-state index in [2.05, 4.69) is 10.1 Å². The van der Waals surface area contributed by atoms with Gasteiger partial charge < -0.3 is 14.5 Å². The molecule has 0 fully saturated rings. The molecular weight excluding hydrogens is 448 g/mol. The number of H-pyrrole nitrogens is 1. The lowest BCUT2D eigenvalue weighted by molar-refractivity contribution is -0.159. The molecule has 9 heteroatoms. The second-order valence-electron chi connectivity index (χ2n) is 9.64. The predicted molar refractivity (Wildman–Crippen MR) is 134 cm³/mol. The zero-order chi connectivity index (χ0) is 25.9. The van der Waals surface area contributed by atoms with Crippen LogP contribution in [0.5, 0.6) is 5.75 Å². The summed E-state index contributed by atoms with van der Waals surface area (Å²) in [7, 11) is 0. The van der Waals surface area contributed by atoms with E-state index in [-0.39, 0.29) is 23.9 Å². The summed E-state index contributed by atoms with van der Waals surface area (Å²) in [5.41, 5.74) is 1.42. The molecule has 0 aliphatic carbocycles.